The summed E-state index contributed by atoms with van der Waals surface area (Å²) in [5.41, 5.74) is 1.18. The zero-order chi connectivity index (χ0) is 21.2. The number of nitrogens with zero attached hydrogens (tertiary/aromatic N) is 1. The first kappa shape index (κ1) is 23.7. The van der Waals surface area contributed by atoms with Gasteiger partial charge in [0.1, 0.15) is 5.75 Å². The van der Waals surface area contributed by atoms with Crippen LogP contribution in [-0.4, -0.2) is 37.7 Å². The average Bonchev–Trinajstić information content (AvgIpc) is 2.65. The molecule has 2 atom stereocenters. The molecule has 1 aliphatic carbocycles. The quantitative estimate of drug-likeness (QED) is 0.505. The van der Waals surface area contributed by atoms with Crippen LogP contribution in [0.4, 0.5) is 4.79 Å². The molecule has 1 N–H and O–H groups in total. The number of hydrogen-bond acceptors (Lipinski definition) is 3. The lowest BCUT2D eigenvalue weighted by Crippen LogP contribution is -2.38. The van der Waals surface area contributed by atoms with Crippen LogP contribution in [0.5, 0.6) is 5.75 Å². The second-order valence-electron chi connectivity index (χ2n) is 9.68. The highest BCUT2D eigenvalue weighted by Crippen LogP contribution is 2.36. The topological polar surface area (TPSA) is 41.6 Å². The molecule has 164 valence electrons. The van der Waals surface area contributed by atoms with E-state index in [1.54, 1.807) is 0 Å². The van der Waals surface area contributed by atoms with Crippen LogP contribution in [0.15, 0.2) is 24.3 Å². The van der Waals surface area contributed by atoms with Crippen LogP contribution in [0.2, 0.25) is 0 Å². The monoisotopic (exact) mass is 402 g/mol. The Morgan fingerprint density at radius 2 is 1.79 bits per heavy atom. The van der Waals surface area contributed by atoms with E-state index in [4.69, 9.17) is 4.74 Å². The molecule has 29 heavy (non-hydrogen) atoms. The molecule has 1 fully saturated rings. The van der Waals surface area contributed by atoms with Crippen molar-refractivity contribution in [2.24, 2.45) is 11.8 Å². The maximum absolute atomic E-state index is 12.5. The van der Waals surface area contributed by atoms with Crippen LogP contribution in [0.1, 0.15) is 83.6 Å². The van der Waals surface area contributed by atoms with Gasteiger partial charge in [-0.25, -0.2) is 4.79 Å². The lowest BCUT2D eigenvalue weighted by molar-refractivity contribution is 0.191. The molecule has 0 saturated heterocycles. The van der Waals surface area contributed by atoms with Crippen molar-refractivity contribution in [1.82, 2.24) is 10.2 Å². The summed E-state index contributed by atoms with van der Waals surface area (Å²) in [6, 6.07) is 8.40. The third-order valence-corrected chi connectivity index (χ3v) is 5.94. The number of benzene rings is 1. The molecular weight excluding hydrogens is 360 g/mol. The maximum Gasteiger partial charge on any atom is 0.412 e. The van der Waals surface area contributed by atoms with Crippen molar-refractivity contribution in [3.63, 3.8) is 0 Å². The van der Waals surface area contributed by atoms with E-state index in [0.29, 0.717) is 17.8 Å². The highest BCUT2D eigenvalue weighted by molar-refractivity contribution is 5.71. The van der Waals surface area contributed by atoms with Gasteiger partial charge in [-0.1, -0.05) is 64.7 Å². The fourth-order valence-electron chi connectivity index (χ4n) is 4.57. The van der Waals surface area contributed by atoms with Gasteiger partial charge in [0.2, 0.25) is 0 Å². The van der Waals surface area contributed by atoms with E-state index in [0.717, 1.165) is 38.0 Å². The highest BCUT2D eigenvalue weighted by atomic mass is 16.6. The van der Waals surface area contributed by atoms with Gasteiger partial charge in [0.05, 0.1) is 0 Å². The van der Waals surface area contributed by atoms with E-state index in [2.05, 4.69) is 57.2 Å². The maximum atomic E-state index is 12.5. The number of carbonyl (C=O) groups is 1. The predicted molar refractivity (Wildman–Crippen MR) is 122 cm³/mol. The molecule has 4 nitrogen and oxygen atoms in total. The third-order valence-electron chi connectivity index (χ3n) is 5.94. The Kier molecular flexibility index (Phi) is 9.99. The SMILES string of the molecule is CC(C)CCC(CC(C)CN(C)C)c1ccccc1OC(=O)NC1CCCCC1. The molecule has 1 aliphatic rings. The summed E-state index contributed by atoms with van der Waals surface area (Å²) in [4.78, 5) is 14.8. The minimum atomic E-state index is -0.298. The Morgan fingerprint density at radius 1 is 1.10 bits per heavy atom. The standard InChI is InChI=1S/C25H42N2O2/c1-19(2)15-16-21(17-20(3)18-27(4)5)23-13-9-10-14-24(23)29-25(28)26-22-11-7-6-8-12-22/h9-10,13-14,19-22H,6-8,11-12,15-18H2,1-5H3,(H,26,28). The van der Waals surface area contributed by atoms with Gasteiger partial charge in [0, 0.05) is 12.6 Å². The largest absolute Gasteiger partial charge is 0.412 e. The molecule has 0 aromatic heterocycles. The van der Waals surface area contributed by atoms with E-state index in [1.807, 2.05) is 12.1 Å². The lowest BCUT2D eigenvalue weighted by atomic mass is 9.84. The Bertz CT molecular complexity index is 609. The molecule has 1 amide bonds. The summed E-state index contributed by atoms with van der Waals surface area (Å²) < 4.78 is 5.84. The minimum absolute atomic E-state index is 0.264. The van der Waals surface area contributed by atoms with Crippen molar-refractivity contribution >= 4 is 6.09 Å². The number of ether oxygens (including phenoxy) is 1. The Morgan fingerprint density at radius 3 is 2.45 bits per heavy atom. The molecule has 0 heterocycles. The van der Waals surface area contributed by atoms with Gasteiger partial charge in [-0.3, -0.25) is 0 Å². The van der Waals surface area contributed by atoms with Crippen LogP contribution in [-0.2, 0) is 0 Å². The predicted octanol–water partition coefficient (Wildman–Crippen LogP) is 6.22. The lowest BCUT2D eigenvalue weighted by Gasteiger charge is -2.26. The first-order valence-corrected chi connectivity index (χ1v) is 11.6. The van der Waals surface area contributed by atoms with Gasteiger partial charge in [-0.2, -0.15) is 0 Å². The average molecular weight is 403 g/mol. The van der Waals surface area contributed by atoms with Crippen LogP contribution < -0.4 is 10.1 Å². The minimum Gasteiger partial charge on any atom is -0.410 e. The molecule has 1 saturated carbocycles. The number of hydrogen-bond donors (Lipinski definition) is 1. The van der Waals surface area contributed by atoms with E-state index in [-0.39, 0.29) is 12.1 Å². The van der Waals surface area contributed by atoms with Crippen LogP contribution in [0, 0.1) is 11.8 Å². The molecule has 0 aliphatic heterocycles. The molecule has 0 radical (unpaired) electrons. The molecule has 1 aromatic carbocycles. The van der Waals surface area contributed by atoms with Gasteiger partial charge in [-0.15, -0.1) is 0 Å². The van der Waals surface area contributed by atoms with Crippen molar-refractivity contribution < 1.29 is 9.53 Å². The fraction of sp³-hybridized carbons (Fsp3) is 0.720. The molecule has 0 bridgehead atoms. The summed E-state index contributed by atoms with van der Waals surface area (Å²) in [6.45, 7) is 7.95. The van der Waals surface area contributed by atoms with Crippen molar-refractivity contribution in [2.75, 3.05) is 20.6 Å². The summed E-state index contributed by atoms with van der Waals surface area (Å²) in [6.07, 6.45) is 8.92. The smallest absolute Gasteiger partial charge is 0.410 e. The first-order chi connectivity index (χ1) is 13.8. The number of amides is 1. The molecule has 4 heteroatoms. The molecule has 0 spiro atoms. The Balaban J connectivity index is 2.09. The van der Waals surface area contributed by atoms with Crippen LogP contribution in [0.25, 0.3) is 0 Å². The van der Waals surface area contributed by atoms with Crippen molar-refractivity contribution in [3.05, 3.63) is 29.8 Å². The van der Waals surface area contributed by atoms with Crippen LogP contribution in [0.3, 0.4) is 0 Å². The van der Waals surface area contributed by atoms with Gasteiger partial charge in [0.25, 0.3) is 0 Å². The van der Waals surface area contributed by atoms with Crippen molar-refractivity contribution in [2.45, 2.75) is 84.1 Å². The molecule has 2 unspecified atom stereocenters. The molecular formula is C25H42N2O2. The van der Waals surface area contributed by atoms with Crippen molar-refractivity contribution in [3.8, 4) is 5.75 Å². The summed E-state index contributed by atoms with van der Waals surface area (Å²) in [5.74, 6) is 2.40. The zero-order valence-electron chi connectivity index (χ0n) is 19.2. The van der Waals surface area contributed by atoms with Crippen LogP contribution >= 0.6 is 0 Å². The number of carbonyl (C=O) groups excluding carboxylic acids is 1. The second-order valence-corrected chi connectivity index (χ2v) is 9.68. The molecule has 2 rings (SSSR count). The molecule has 1 aromatic rings. The first-order valence-electron chi connectivity index (χ1n) is 11.6. The number of rotatable bonds is 10. The van der Waals surface area contributed by atoms with Gasteiger partial charge >= 0.3 is 6.09 Å². The van der Waals surface area contributed by atoms with Gasteiger partial charge in [-0.05, 0) is 69.2 Å². The van der Waals surface area contributed by atoms with Crippen molar-refractivity contribution in [1.29, 1.82) is 0 Å². The summed E-state index contributed by atoms with van der Waals surface area (Å²) >= 11 is 0. The van der Waals surface area contributed by atoms with E-state index in [1.165, 1.54) is 31.2 Å². The van der Waals surface area contributed by atoms with E-state index < -0.39 is 0 Å². The summed E-state index contributed by atoms with van der Waals surface area (Å²) in [7, 11) is 4.26. The normalized spacial score (nSPS) is 17.3. The number of nitrogens with one attached hydrogen (secondary N) is 1. The Labute approximate surface area is 178 Å². The van der Waals surface area contributed by atoms with E-state index >= 15 is 0 Å². The summed E-state index contributed by atoms with van der Waals surface area (Å²) in [5, 5.41) is 3.08. The van der Waals surface area contributed by atoms with Gasteiger partial charge in [0.15, 0.2) is 0 Å². The van der Waals surface area contributed by atoms with Gasteiger partial charge < -0.3 is 15.0 Å². The Hall–Kier alpha value is -1.55. The number of para-hydroxylation sites is 1. The second kappa shape index (κ2) is 12.2. The third kappa shape index (κ3) is 8.77. The fourth-order valence-corrected chi connectivity index (χ4v) is 4.57. The van der Waals surface area contributed by atoms with E-state index in [9.17, 15) is 4.79 Å². The zero-order valence-corrected chi connectivity index (χ0v) is 19.2. The highest BCUT2D eigenvalue weighted by Gasteiger charge is 2.22.